The second kappa shape index (κ2) is 9.73. The number of hydrogen-bond acceptors (Lipinski definition) is 5. The zero-order valence-corrected chi connectivity index (χ0v) is 19.0. The van der Waals surface area contributed by atoms with Gasteiger partial charge in [-0.1, -0.05) is 12.1 Å². The van der Waals surface area contributed by atoms with Gasteiger partial charge >= 0.3 is 0 Å². The van der Waals surface area contributed by atoms with Gasteiger partial charge < -0.3 is 20.1 Å². The minimum atomic E-state index is -0.695. The number of hydrogen-bond donors (Lipinski definition) is 2. The summed E-state index contributed by atoms with van der Waals surface area (Å²) in [4.78, 5) is 28.8. The number of fused-ring (bicyclic) bond motifs is 1. The van der Waals surface area contributed by atoms with Gasteiger partial charge in [-0.3, -0.25) is 14.6 Å². The highest BCUT2D eigenvalue weighted by Gasteiger charge is 2.19. The zero-order chi connectivity index (χ0) is 23.4. The van der Waals surface area contributed by atoms with Gasteiger partial charge in [-0.2, -0.15) is 0 Å². The molecule has 7 nitrogen and oxygen atoms in total. The number of aryl methyl sites for hydroxylation is 3. The molecule has 7 heteroatoms. The third-order valence-electron chi connectivity index (χ3n) is 5.57. The van der Waals surface area contributed by atoms with E-state index in [4.69, 9.17) is 9.47 Å². The Kier molecular flexibility index (Phi) is 6.58. The van der Waals surface area contributed by atoms with E-state index in [0.29, 0.717) is 22.9 Å². The lowest BCUT2D eigenvalue weighted by atomic mass is 10.1. The largest absolute Gasteiger partial charge is 0.481 e. The van der Waals surface area contributed by atoms with E-state index in [-0.39, 0.29) is 17.5 Å². The van der Waals surface area contributed by atoms with Crippen LogP contribution in [0.3, 0.4) is 0 Å². The first-order chi connectivity index (χ1) is 15.9. The van der Waals surface area contributed by atoms with Crippen LogP contribution in [0, 0.1) is 6.92 Å². The Morgan fingerprint density at radius 3 is 2.64 bits per heavy atom. The average Bonchev–Trinajstić information content (AvgIpc) is 3.28. The Morgan fingerprint density at radius 2 is 1.82 bits per heavy atom. The van der Waals surface area contributed by atoms with Crippen LogP contribution in [-0.2, 0) is 17.6 Å². The summed E-state index contributed by atoms with van der Waals surface area (Å²) >= 11 is 0. The quantitative estimate of drug-likeness (QED) is 0.561. The number of carbonyl (C=O) groups excluding carboxylic acids is 2. The monoisotopic (exact) mass is 445 g/mol. The maximum absolute atomic E-state index is 12.9. The molecule has 0 aliphatic heterocycles. The van der Waals surface area contributed by atoms with Gasteiger partial charge in [0.15, 0.2) is 11.9 Å². The minimum Gasteiger partial charge on any atom is -0.481 e. The molecule has 1 aliphatic rings. The van der Waals surface area contributed by atoms with Crippen molar-refractivity contribution in [2.75, 3.05) is 12.4 Å². The number of carbonyl (C=O) groups is 2. The summed E-state index contributed by atoms with van der Waals surface area (Å²) in [6.45, 7) is 3.65. The van der Waals surface area contributed by atoms with Crippen molar-refractivity contribution in [2.45, 2.75) is 39.2 Å². The molecule has 170 valence electrons. The lowest BCUT2D eigenvalue weighted by Gasteiger charge is -2.18. The predicted molar refractivity (Wildman–Crippen MR) is 126 cm³/mol. The molecule has 4 rings (SSSR count). The first-order valence-corrected chi connectivity index (χ1v) is 11.0. The summed E-state index contributed by atoms with van der Waals surface area (Å²) in [6, 6.07) is 14.7. The van der Waals surface area contributed by atoms with Gasteiger partial charge in [0.05, 0.1) is 5.69 Å². The summed E-state index contributed by atoms with van der Waals surface area (Å²) in [7, 11) is 1.54. The van der Waals surface area contributed by atoms with E-state index >= 15 is 0 Å². The van der Waals surface area contributed by atoms with Crippen molar-refractivity contribution in [2.24, 2.45) is 0 Å². The molecule has 0 saturated heterocycles. The smallest absolute Gasteiger partial charge is 0.269 e. The fourth-order valence-corrected chi connectivity index (χ4v) is 3.78. The number of nitrogens with zero attached hydrogens (tertiary/aromatic N) is 1. The fourth-order valence-electron chi connectivity index (χ4n) is 3.78. The molecule has 1 unspecified atom stereocenters. The van der Waals surface area contributed by atoms with Gasteiger partial charge in [-0.05, 0) is 80.1 Å². The highest BCUT2D eigenvalue weighted by molar-refractivity contribution is 5.95. The molecular formula is C26H27N3O4. The molecule has 1 atom stereocenters. The summed E-state index contributed by atoms with van der Waals surface area (Å²) < 4.78 is 11.9. The van der Waals surface area contributed by atoms with Crippen molar-refractivity contribution >= 4 is 17.5 Å². The molecule has 0 bridgehead atoms. The van der Waals surface area contributed by atoms with Crippen molar-refractivity contribution in [1.82, 2.24) is 10.3 Å². The third kappa shape index (κ3) is 5.31. The Balaban J connectivity index is 1.48. The number of amides is 2. The molecule has 1 aliphatic carbocycles. The van der Waals surface area contributed by atoms with Crippen LogP contribution in [0.4, 0.5) is 5.69 Å². The number of benzene rings is 2. The molecule has 33 heavy (non-hydrogen) atoms. The van der Waals surface area contributed by atoms with E-state index in [1.54, 1.807) is 25.1 Å². The lowest BCUT2D eigenvalue weighted by molar-refractivity contribution is -0.122. The molecule has 1 aromatic heterocycles. The molecule has 2 aromatic carbocycles. The van der Waals surface area contributed by atoms with Crippen LogP contribution in [0.15, 0.2) is 54.7 Å². The Hall–Kier alpha value is -3.87. The van der Waals surface area contributed by atoms with Crippen molar-refractivity contribution in [3.8, 4) is 17.2 Å². The van der Waals surface area contributed by atoms with Crippen molar-refractivity contribution in [1.29, 1.82) is 0 Å². The van der Waals surface area contributed by atoms with E-state index < -0.39 is 6.10 Å². The number of anilines is 1. The Bertz CT molecular complexity index is 1190. The topological polar surface area (TPSA) is 89.6 Å². The van der Waals surface area contributed by atoms with Crippen LogP contribution < -0.4 is 20.1 Å². The van der Waals surface area contributed by atoms with E-state index in [9.17, 15) is 9.59 Å². The fraction of sp³-hybridized carbons (Fsp3) is 0.269. The number of aromatic nitrogens is 1. The van der Waals surface area contributed by atoms with E-state index in [1.807, 2.05) is 31.2 Å². The van der Waals surface area contributed by atoms with Crippen LogP contribution >= 0.6 is 0 Å². The highest BCUT2D eigenvalue weighted by atomic mass is 16.5. The molecule has 0 spiro atoms. The number of pyridine rings is 1. The van der Waals surface area contributed by atoms with Gasteiger partial charge in [0.25, 0.3) is 11.8 Å². The highest BCUT2D eigenvalue weighted by Crippen LogP contribution is 2.31. The molecule has 2 N–H and O–H groups in total. The predicted octanol–water partition coefficient (Wildman–Crippen LogP) is 4.44. The maximum Gasteiger partial charge on any atom is 0.269 e. The molecule has 2 amide bonds. The number of ether oxygens (including phenoxy) is 2. The van der Waals surface area contributed by atoms with Crippen molar-refractivity contribution in [3.05, 3.63) is 77.1 Å². The van der Waals surface area contributed by atoms with E-state index in [2.05, 4.69) is 21.7 Å². The van der Waals surface area contributed by atoms with Gasteiger partial charge in [0.1, 0.15) is 17.2 Å². The summed E-state index contributed by atoms with van der Waals surface area (Å²) in [6.07, 6.45) is 4.12. The first kappa shape index (κ1) is 22.3. The minimum absolute atomic E-state index is 0.240. The second-order valence-electron chi connectivity index (χ2n) is 8.09. The summed E-state index contributed by atoms with van der Waals surface area (Å²) in [5.41, 5.74) is 4.36. The SMILES string of the molecule is CNC(=O)c1cc(Oc2cc(C)ccc2NC(=O)C(C)Oc2ccc3c(c2)CCC3)ccn1. The van der Waals surface area contributed by atoms with Crippen molar-refractivity contribution in [3.63, 3.8) is 0 Å². The van der Waals surface area contributed by atoms with Crippen LogP contribution in [0.25, 0.3) is 0 Å². The first-order valence-electron chi connectivity index (χ1n) is 11.0. The van der Waals surface area contributed by atoms with Crippen LogP contribution in [0.1, 0.15) is 40.5 Å². The molecule has 0 radical (unpaired) electrons. The zero-order valence-electron chi connectivity index (χ0n) is 19.0. The Labute approximate surface area is 193 Å². The second-order valence-corrected chi connectivity index (χ2v) is 8.09. The Morgan fingerprint density at radius 1 is 1.00 bits per heavy atom. The molecule has 0 saturated carbocycles. The average molecular weight is 446 g/mol. The van der Waals surface area contributed by atoms with Crippen LogP contribution in [-0.4, -0.2) is 29.9 Å². The lowest BCUT2D eigenvalue weighted by Crippen LogP contribution is -2.30. The molecule has 3 aromatic rings. The van der Waals surface area contributed by atoms with E-state index in [0.717, 1.165) is 24.8 Å². The van der Waals surface area contributed by atoms with Gasteiger partial charge in [-0.15, -0.1) is 0 Å². The van der Waals surface area contributed by atoms with Gasteiger partial charge in [0.2, 0.25) is 0 Å². The summed E-state index contributed by atoms with van der Waals surface area (Å²) in [5, 5.41) is 5.43. The number of nitrogens with one attached hydrogen (secondary N) is 2. The van der Waals surface area contributed by atoms with Gasteiger partial charge in [0, 0.05) is 19.3 Å². The molecular weight excluding hydrogens is 418 g/mol. The van der Waals surface area contributed by atoms with Crippen molar-refractivity contribution < 1.29 is 19.1 Å². The maximum atomic E-state index is 12.9. The molecule has 0 fully saturated rings. The number of rotatable bonds is 7. The third-order valence-corrected chi connectivity index (χ3v) is 5.57. The van der Waals surface area contributed by atoms with E-state index in [1.165, 1.54) is 24.4 Å². The van der Waals surface area contributed by atoms with Crippen LogP contribution in [0.5, 0.6) is 17.2 Å². The summed E-state index contributed by atoms with van der Waals surface area (Å²) in [5.74, 6) is 0.993. The standard InChI is InChI=1S/C26H27N3O4/c1-16-7-10-22(24(13-16)33-21-11-12-28-23(15-21)26(31)27-3)29-25(30)17(2)32-20-9-8-18-5-4-6-19(18)14-20/h7-15,17H,4-6H2,1-3H3,(H,27,31)(H,29,30). The molecule has 1 heterocycles. The van der Waals surface area contributed by atoms with Gasteiger partial charge in [-0.25, -0.2) is 0 Å². The normalized spacial score (nSPS) is 13.1. The van der Waals surface area contributed by atoms with Crippen LogP contribution in [0.2, 0.25) is 0 Å².